The van der Waals surface area contributed by atoms with Crippen LogP contribution in [0.4, 0.5) is 5.69 Å². The predicted molar refractivity (Wildman–Crippen MR) is 149 cm³/mol. The van der Waals surface area contributed by atoms with Crippen molar-refractivity contribution in [3.8, 4) is 0 Å². The standard InChI is InChI=1S/C19H20N2O2.C8H4BrNO6/c1-11-9-14-16(10-13(11)18(23)21-19(2,3)4)20-15-8-6-5-7-12(15)17(14)22;9-5-1-4(8(13)14)6(10(15)16)2-3(5)7(11)12/h5-10H,1-4H3,(H,20,22)(H,21,23);1-2H,(H,11,12)(H,13,14). The largest absolute Gasteiger partial charge is 0.478 e. The highest BCUT2D eigenvalue weighted by molar-refractivity contribution is 9.10. The number of aryl methyl sites for hydroxylation is 1. The van der Waals surface area contributed by atoms with Gasteiger partial charge in [0.15, 0.2) is 5.43 Å². The number of pyridine rings is 1. The molecule has 1 amide bonds. The summed E-state index contributed by atoms with van der Waals surface area (Å²) in [5.41, 5.74) is 0.814. The molecule has 0 spiro atoms. The number of hydrogen-bond acceptors (Lipinski definition) is 6. The number of nitro groups is 1. The van der Waals surface area contributed by atoms with Gasteiger partial charge in [-0.25, -0.2) is 9.59 Å². The Morgan fingerprint density at radius 3 is 2.10 bits per heavy atom. The Kier molecular flexibility index (Phi) is 8.20. The lowest BCUT2D eigenvalue weighted by Gasteiger charge is -2.21. The average Bonchev–Trinajstić information content (AvgIpc) is 2.83. The minimum Gasteiger partial charge on any atom is -0.478 e. The van der Waals surface area contributed by atoms with Gasteiger partial charge < -0.3 is 20.5 Å². The van der Waals surface area contributed by atoms with E-state index in [1.165, 1.54) is 0 Å². The molecule has 0 saturated carbocycles. The molecule has 0 aliphatic rings. The maximum Gasteiger partial charge on any atom is 0.342 e. The van der Waals surface area contributed by atoms with Crippen LogP contribution >= 0.6 is 15.9 Å². The average molecular weight is 598 g/mol. The number of carbonyl (C=O) groups excluding carboxylic acids is 1. The first-order valence-electron chi connectivity index (χ1n) is 11.4. The summed E-state index contributed by atoms with van der Waals surface area (Å²) in [6.07, 6.45) is 0. The van der Waals surface area contributed by atoms with Crippen molar-refractivity contribution in [3.05, 3.63) is 95.6 Å². The van der Waals surface area contributed by atoms with Crippen molar-refractivity contribution in [2.45, 2.75) is 33.2 Å². The van der Waals surface area contributed by atoms with Gasteiger partial charge in [0.05, 0.1) is 16.0 Å². The number of nitrogens with zero attached hydrogens (tertiary/aromatic N) is 1. The third-order valence-corrected chi connectivity index (χ3v) is 6.18. The zero-order valence-corrected chi connectivity index (χ0v) is 22.9. The number of nitrogens with one attached hydrogen (secondary N) is 2. The Morgan fingerprint density at radius 2 is 1.54 bits per heavy atom. The molecule has 0 bridgehead atoms. The Balaban J connectivity index is 0.000000231. The van der Waals surface area contributed by atoms with E-state index < -0.39 is 28.1 Å². The van der Waals surface area contributed by atoms with Gasteiger partial charge >= 0.3 is 11.9 Å². The highest BCUT2D eigenvalue weighted by atomic mass is 79.9. The minimum absolute atomic E-state index is 0.0137. The lowest BCUT2D eigenvalue weighted by atomic mass is 10.0. The fraction of sp³-hybridized carbons (Fsp3) is 0.185. The maximum absolute atomic E-state index is 12.6. The highest BCUT2D eigenvalue weighted by Gasteiger charge is 2.24. The molecule has 0 radical (unpaired) electrons. The number of hydrogen-bond donors (Lipinski definition) is 4. The van der Waals surface area contributed by atoms with E-state index in [1.807, 2.05) is 52.0 Å². The van der Waals surface area contributed by atoms with E-state index in [2.05, 4.69) is 26.2 Å². The molecule has 0 fully saturated rings. The molecule has 0 aliphatic carbocycles. The molecule has 202 valence electrons. The number of aromatic nitrogens is 1. The number of aromatic amines is 1. The first-order chi connectivity index (χ1) is 18.1. The first-order valence-corrected chi connectivity index (χ1v) is 12.2. The Labute approximate surface area is 229 Å². The van der Waals surface area contributed by atoms with Crippen molar-refractivity contribution in [1.29, 1.82) is 0 Å². The Hall–Kier alpha value is -4.58. The van der Waals surface area contributed by atoms with Crippen LogP contribution in [0.5, 0.6) is 0 Å². The van der Waals surface area contributed by atoms with Crippen LogP contribution in [0.25, 0.3) is 21.8 Å². The predicted octanol–water partition coefficient (Wildman–Crippen LogP) is 5.27. The molecule has 4 rings (SSSR count). The van der Waals surface area contributed by atoms with Crippen LogP contribution < -0.4 is 10.7 Å². The number of carboxylic acid groups (broad SMARTS) is 2. The van der Waals surface area contributed by atoms with Crippen molar-refractivity contribution in [2.75, 3.05) is 0 Å². The Morgan fingerprint density at radius 1 is 0.923 bits per heavy atom. The maximum atomic E-state index is 12.6. The van der Waals surface area contributed by atoms with Gasteiger partial charge in [-0.15, -0.1) is 0 Å². The van der Waals surface area contributed by atoms with E-state index in [1.54, 1.807) is 12.1 Å². The fourth-order valence-electron chi connectivity index (χ4n) is 3.78. The molecule has 39 heavy (non-hydrogen) atoms. The summed E-state index contributed by atoms with van der Waals surface area (Å²) in [7, 11) is 0. The molecule has 4 N–H and O–H groups in total. The molecule has 12 heteroatoms. The van der Waals surface area contributed by atoms with Crippen molar-refractivity contribution in [2.24, 2.45) is 0 Å². The minimum atomic E-state index is -1.50. The van der Waals surface area contributed by atoms with Crippen LogP contribution in [0.3, 0.4) is 0 Å². The third-order valence-electron chi connectivity index (χ3n) is 5.53. The van der Waals surface area contributed by atoms with E-state index >= 15 is 0 Å². The zero-order chi connectivity index (χ0) is 29.2. The second-order valence-electron chi connectivity index (χ2n) is 9.63. The van der Waals surface area contributed by atoms with E-state index in [0.717, 1.165) is 17.1 Å². The molecule has 0 aliphatic heterocycles. The summed E-state index contributed by atoms with van der Waals surface area (Å²) in [4.78, 5) is 59.3. The van der Waals surface area contributed by atoms with E-state index in [-0.39, 0.29) is 26.9 Å². The summed E-state index contributed by atoms with van der Waals surface area (Å²) in [5.74, 6) is -3.01. The van der Waals surface area contributed by atoms with Gasteiger partial charge in [-0.1, -0.05) is 12.1 Å². The molecule has 4 aromatic rings. The van der Waals surface area contributed by atoms with E-state index in [0.29, 0.717) is 27.9 Å². The van der Waals surface area contributed by atoms with Gasteiger partial charge in [-0.05, 0) is 79.5 Å². The fourth-order valence-corrected chi connectivity index (χ4v) is 4.29. The second-order valence-corrected chi connectivity index (χ2v) is 10.5. The highest BCUT2D eigenvalue weighted by Crippen LogP contribution is 2.27. The molecular weight excluding hydrogens is 574 g/mol. The molecule has 11 nitrogen and oxygen atoms in total. The second kappa shape index (κ2) is 11.0. The lowest BCUT2D eigenvalue weighted by Crippen LogP contribution is -2.40. The molecule has 0 saturated heterocycles. The van der Waals surface area contributed by atoms with Gasteiger partial charge in [-0.2, -0.15) is 0 Å². The summed E-state index contributed by atoms with van der Waals surface area (Å²) in [5, 5.41) is 32.2. The normalized spacial score (nSPS) is 11.0. The van der Waals surface area contributed by atoms with Crippen LogP contribution in [0, 0.1) is 17.0 Å². The smallest absolute Gasteiger partial charge is 0.342 e. The van der Waals surface area contributed by atoms with E-state index in [9.17, 15) is 29.3 Å². The SMILES string of the molecule is Cc1cc2c(=O)c3ccccc3[nH]c2cc1C(=O)NC(C)(C)C.O=C(O)c1cc([N+](=O)[O-])c(C(=O)O)cc1Br. The number of para-hydroxylation sites is 1. The van der Waals surface area contributed by atoms with Crippen LogP contribution in [0.1, 0.15) is 57.4 Å². The number of H-pyrrole nitrogens is 1. The number of halogens is 1. The van der Waals surface area contributed by atoms with Crippen molar-refractivity contribution in [1.82, 2.24) is 10.3 Å². The third kappa shape index (κ3) is 6.47. The van der Waals surface area contributed by atoms with Gasteiger partial charge in [0.1, 0.15) is 5.56 Å². The lowest BCUT2D eigenvalue weighted by molar-refractivity contribution is -0.385. The summed E-state index contributed by atoms with van der Waals surface area (Å²) < 4.78 is -0.0250. The Bertz CT molecular complexity index is 1720. The summed E-state index contributed by atoms with van der Waals surface area (Å²) >= 11 is 2.83. The van der Waals surface area contributed by atoms with Gasteiger partial charge in [0.2, 0.25) is 0 Å². The number of nitro benzene ring substituents is 1. The van der Waals surface area contributed by atoms with Crippen LogP contribution in [-0.2, 0) is 0 Å². The molecule has 1 aromatic heterocycles. The number of fused-ring (bicyclic) bond motifs is 2. The number of rotatable bonds is 4. The zero-order valence-electron chi connectivity index (χ0n) is 21.3. The molecule has 3 aromatic carbocycles. The molecular formula is C27H24BrN3O8. The van der Waals surface area contributed by atoms with Crippen molar-refractivity contribution in [3.63, 3.8) is 0 Å². The number of benzene rings is 3. The van der Waals surface area contributed by atoms with Gasteiger partial charge in [-0.3, -0.25) is 19.7 Å². The number of aromatic carboxylic acids is 2. The van der Waals surface area contributed by atoms with Crippen LogP contribution in [0.2, 0.25) is 0 Å². The van der Waals surface area contributed by atoms with Crippen LogP contribution in [-0.4, -0.2) is 43.5 Å². The number of carbonyl (C=O) groups is 3. The van der Waals surface area contributed by atoms with Gasteiger partial charge in [0.25, 0.3) is 11.6 Å². The molecule has 0 atom stereocenters. The first kappa shape index (κ1) is 29.0. The number of amides is 1. The monoisotopic (exact) mass is 597 g/mol. The summed E-state index contributed by atoms with van der Waals surface area (Å²) in [6, 6.07) is 12.6. The molecule has 0 unspecified atom stereocenters. The van der Waals surface area contributed by atoms with E-state index in [4.69, 9.17) is 10.2 Å². The number of carboxylic acids is 2. The van der Waals surface area contributed by atoms with Gasteiger partial charge in [0, 0.05) is 37.9 Å². The summed E-state index contributed by atoms with van der Waals surface area (Å²) in [6.45, 7) is 7.68. The van der Waals surface area contributed by atoms with Crippen molar-refractivity contribution >= 4 is 61.3 Å². The molecule has 1 heterocycles. The quantitative estimate of drug-likeness (QED) is 0.139. The van der Waals surface area contributed by atoms with Crippen molar-refractivity contribution < 1.29 is 29.5 Å². The van der Waals surface area contributed by atoms with Crippen LogP contribution in [0.15, 0.2) is 57.8 Å². The topological polar surface area (TPSA) is 180 Å².